The number of hydrogen-bond acceptors (Lipinski definition) is 5. The smallest absolute Gasteiger partial charge is 0.329 e. The molecule has 0 bridgehead atoms. The fraction of sp³-hybridized carbons (Fsp3) is 0.778. The van der Waals surface area contributed by atoms with Crippen molar-refractivity contribution in [1.29, 1.82) is 0 Å². The van der Waals surface area contributed by atoms with Crippen molar-refractivity contribution in [3.05, 3.63) is 0 Å². The lowest BCUT2D eigenvalue weighted by Crippen LogP contribution is -2.45. The minimum atomic E-state index is -0.251. The van der Waals surface area contributed by atoms with Gasteiger partial charge in [0.25, 0.3) is 0 Å². The van der Waals surface area contributed by atoms with Gasteiger partial charge in [0, 0.05) is 17.0 Å². The molecule has 1 rings (SSSR count). The molecule has 15 heavy (non-hydrogen) atoms. The highest BCUT2D eigenvalue weighted by molar-refractivity contribution is 8.23. The Hall–Kier alpha value is 0.0600. The summed E-state index contributed by atoms with van der Waals surface area (Å²) in [5.41, 5.74) is 0. The van der Waals surface area contributed by atoms with Crippen molar-refractivity contribution in [2.45, 2.75) is 24.6 Å². The normalized spacial score (nSPS) is 22.0. The largest absolute Gasteiger partial charge is 0.467 e. The summed E-state index contributed by atoms with van der Waals surface area (Å²) in [5.74, 6) is 0.454. The average molecular weight is 265 g/mol. The number of thiol groups is 1. The van der Waals surface area contributed by atoms with Gasteiger partial charge in [-0.2, -0.15) is 12.6 Å². The molecule has 0 aromatic carbocycles. The van der Waals surface area contributed by atoms with E-state index in [0.717, 1.165) is 4.32 Å². The molecule has 0 aromatic rings. The Balaban J connectivity index is 2.73. The van der Waals surface area contributed by atoms with E-state index >= 15 is 0 Å². The van der Waals surface area contributed by atoms with Crippen LogP contribution in [0.4, 0.5) is 0 Å². The second-order valence-corrected chi connectivity index (χ2v) is 6.92. The zero-order valence-corrected chi connectivity index (χ0v) is 11.5. The zero-order valence-electron chi connectivity index (χ0n) is 9.02. The van der Waals surface area contributed by atoms with Gasteiger partial charge >= 0.3 is 5.97 Å². The highest BCUT2D eigenvalue weighted by atomic mass is 32.2. The van der Waals surface area contributed by atoms with Crippen LogP contribution in [0.25, 0.3) is 0 Å². The van der Waals surface area contributed by atoms with Crippen molar-refractivity contribution in [3.63, 3.8) is 0 Å². The lowest BCUT2D eigenvalue weighted by atomic mass is 10.1. The molecule has 0 radical (unpaired) electrons. The topological polar surface area (TPSA) is 29.5 Å². The number of methoxy groups -OCH3 is 1. The maximum Gasteiger partial charge on any atom is 0.329 e. The first-order valence-corrected chi connectivity index (χ1v) is 6.43. The number of nitrogens with zero attached hydrogens (tertiary/aromatic N) is 1. The van der Waals surface area contributed by atoms with Gasteiger partial charge in [-0.1, -0.05) is 24.0 Å². The van der Waals surface area contributed by atoms with Crippen LogP contribution in [-0.2, 0) is 9.53 Å². The molecule has 0 unspecified atom stereocenters. The van der Waals surface area contributed by atoms with Gasteiger partial charge in [-0.25, -0.2) is 4.79 Å². The van der Waals surface area contributed by atoms with Gasteiger partial charge in [0.05, 0.1) is 7.11 Å². The third-order valence-corrected chi connectivity index (χ3v) is 3.70. The fourth-order valence-corrected chi connectivity index (χ4v) is 2.90. The van der Waals surface area contributed by atoms with Crippen molar-refractivity contribution in [1.82, 2.24) is 4.90 Å². The molecule has 3 nitrogen and oxygen atoms in total. The predicted molar refractivity (Wildman–Crippen MR) is 70.6 cm³/mol. The number of hydrogen-bond donors (Lipinski definition) is 1. The first-order chi connectivity index (χ1) is 6.85. The number of ether oxygens (including phenoxy) is 1. The van der Waals surface area contributed by atoms with Gasteiger partial charge in [-0.3, -0.25) is 0 Å². The van der Waals surface area contributed by atoms with E-state index in [9.17, 15) is 4.79 Å². The van der Waals surface area contributed by atoms with E-state index in [2.05, 4.69) is 12.6 Å². The van der Waals surface area contributed by atoms with E-state index in [1.165, 1.54) is 18.9 Å². The predicted octanol–water partition coefficient (Wildman–Crippen LogP) is 1.57. The van der Waals surface area contributed by atoms with E-state index in [1.54, 1.807) is 0 Å². The van der Waals surface area contributed by atoms with Crippen LogP contribution in [0.15, 0.2) is 0 Å². The summed E-state index contributed by atoms with van der Waals surface area (Å²) in [6.07, 6.45) is 0. The molecule has 1 atom stereocenters. The van der Waals surface area contributed by atoms with Crippen LogP contribution in [0.1, 0.15) is 13.8 Å². The highest BCUT2D eigenvalue weighted by Gasteiger charge is 2.37. The average Bonchev–Trinajstić information content (AvgIpc) is 2.45. The molecular weight excluding hydrogens is 250 g/mol. The molecule has 0 amide bonds. The Bertz CT molecular complexity index is 275. The van der Waals surface area contributed by atoms with E-state index < -0.39 is 0 Å². The minimum Gasteiger partial charge on any atom is -0.467 e. The van der Waals surface area contributed by atoms with Crippen molar-refractivity contribution in [2.75, 3.05) is 19.4 Å². The maximum atomic E-state index is 11.5. The third kappa shape index (κ3) is 3.53. The molecule has 0 saturated carbocycles. The Kier molecular flexibility index (Phi) is 4.31. The Morgan fingerprint density at radius 1 is 1.80 bits per heavy atom. The lowest BCUT2D eigenvalue weighted by molar-refractivity contribution is -0.144. The van der Waals surface area contributed by atoms with Crippen LogP contribution in [0.2, 0.25) is 0 Å². The summed E-state index contributed by atoms with van der Waals surface area (Å²) in [5, 5.41) is 0. The Labute approximate surface area is 105 Å². The van der Waals surface area contributed by atoms with Crippen LogP contribution in [0.3, 0.4) is 0 Å². The molecular formula is C9H15NO2S3. The van der Waals surface area contributed by atoms with Crippen molar-refractivity contribution < 1.29 is 9.53 Å². The molecule has 1 aliphatic heterocycles. The summed E-state index contributed by atoms with van der Waals surface area (Å²) in [6.45, 7) is 4.65. The molecule has 0 N–H and O–H groups in total. The Morgan fingerprint density at radius 3 is 2.87 bits per heavy atom. The number of thioether (sulfide) groups is 1. The number of thiocarbonyl (C=S) groups is 1. The van der Waals surface area contributed by atoms with Crippen LogP contribution < -0.4 is 0 Å². The standard InChI is InChI=1S/C9H15NO2S3/c1-9(2,14)5-10-6(7(11)12-3)4-15-8(10)13/h6,14H,4-5H2,1-3H3/t6-/m0/s1. The monoisotopic (exact) mass is 265 g/mol. The number of carbonyl (C=O) groups excluding carboxylic acids is 1. The number of carbonyl (C=O) groups is 1. The molecule has 1 heterocycles. The molecule has 86 valence electrons. The number of rotatable bonds is 3. The first kappa shape index (κ1) is 13.1. The molecule has 0 spiro atoms. The van der Waals surface area contributed by atoms with Crippen LogP contribution in [0.5, 0.6) is 0 Å². The maximum absolute atomic E-state index is 11.5. The molecule has 0 aliphatic carbocycles. The van der Waals surface area contributed by atoms with Crippen LogP contribution in [-0.4, -0.2) is 45.4 Å². The summed E-state index contributed by atoms with van der Waals surface area (Å²) in [6, 6.07) is -0.251. The molecule has 1 saturated heterocycles. The minimum absolute atomic E-state index is 0.179. The zero-order chi connectivity index (χ0) is 11.6. The van der Waals surface area contributed by atoms with Gasteiger partial charge in [0.2, 0.25) is 0 Å². The van der Waals surface area contributed by atoms with E-state index in [4.69, 9.17) is 17.0 Å². The van der Waals surface area contributed by atoms with Crippen molar-refractivity contribution >= 4 is 46.9 Å². The third-order valence-electron chi connectivity index (χ3n) is 2.01. The van der Waals surface area contributed by atoms with Gasteiger partial charge in [0.15, 0.2) is 0 Å². The van der Waals surface area contributed by atoms with E-state index in [-0.39, 0.29) is 16.8 Å². The highest BCUT2D eigenvalue weighted by Crippen LogP contribution is 2.28. The second-order valence-electron chi connectivity index (χ2n) is 4.06. The molecule has 6 heteroatoms. The summed E-state index contributed by atoms with van der Waals surface area (Å²) >= 11 is 11.2. The second kappa shape index (κ2) is 4.93. The summed E-state index contributed by atoms with van der Waals surface area (Å²) in [4.78, 5) is 13.4. The number of esters is 1. The first-order valence-electron chi connectivity index (χ1n) is 4.59. The fourth-order valence-electron chi connectivity index (χ4n) is 1.37. The molecule has 1 aliphatic rings. The lowest BCUT2D eigenvalue weighted by Gasteiger charge is -2.30. The SMILES string of the molecule is COC(=O)[C@@H]1CSC(=S)N1CC(C)(C)S. The summed E-state index contributed by atoms with van der Waals surface area (Å²) < 4.78 is 5.33. The van der Waals surface area contributed by atoms with Crippen LogP contribution in [0, 0.1) is 0 Å². The van der Waals surface area contributed by atoms with E-state index in [1.807, 2.05) is 18.7 Å². The van der Waals surface area contributed by atoms with Crippen molar-refractivity contribution in [2.24, 2.45) is 0 Å². The van der Waals surface area contributed by atoms with E-state index in [0.29, 0.717) is 12.3 Å². The summed E-state index contributed by atoms with van der Waals surface area (Å²) in [7, 11) is 1.40. The molecule has 1 fully saturated rings. The van der Waals surface area contributed by atoms with Crippen LogP contribution >= 0.6 is 36.6 Å². The van der Waals surface area contributed by atoms with Gasteiger partial charge in [0.1, 0.15) is 10.4 Å². The quantitative estimate of drug-likeness (QED) is 0.475. The van der Waals surface area contributed by atoms with Crippen molar-refractivity contribution in [3.8, 4) is 0 Å². The van der Waals surface area contributed by atoms with Gasteiger partial charge < -0.3 is 9.64 Å². The van der Waals surface area contributed by atoms with Gasteiger partial charge in [-0.05, 0) is 13.8 Å². The molecule has 0 aromatic heterocycles. The Morgan fingerprint density at radius 2 is 2.40 bits per heavy atom. The van der Waals surface area contributed by atoms with Gasteiger partial charge in [-0.15, -0.1) is 0 Å².